The van der Waals surface area contributed by atoms with E-state index in [1.807, 2.05) is 0 Å². The predicted octanol–water partition coefficient (Wildman–Crippen LogP) is 2.97. The van der Waals surface area contributed by atoms with Crippen LogP contribution in [-0.4, -0.2) is 25.8 Å². The molecule has 0 aromatic carbocycles. The highest BCUT2D eigenvalue weighted by atomic mass is 16.5. The predicted molar refractivity (Wildman–Crippen MR) is 67.6 cm³/mol. The van der Waals surface area contributed by atoms with E-state index in [0.29, 0.717) is 12.1 Å². The third-order valence-electron chi connectivity index (χ3n) is 4.48. The highest BCUT2D eigenvalue weighted by Gasteiger charge is 2.33. The van der Waals surface area contributed by atoms with Crippen LogP contribution in [0.4, 0.5) is 0 Å². The Balaban J connectivity index is 1.92. The normalized spacial score (nSPS) is 34.9. The van der Waals surface area contributed by atoms with E-state index in [1.54, 1.807) is 0 Å². The minimum Gasteiger partial charge on any atom is -0.378 e. The van der Waals surface area contributed by atoms with Gasteiger partial charge in [0.15, 0.2) is 0 Å². The van der Waals surface area contributed by atoms with E-state index in [-0.39, 0.29) is 0 Å². The Morgan fingerprint density at radius 2 is 1.75 bits per heavy atom. The smallest absolute Gasteiger partial charge is 0.0551 e. The molecule has 0 amide bonds. The molecule has 1 aliphatic heterocycles. The Morgan fingerprint density at radius 1 is 1.06 bits per heavy atom. The summed E-state index contributed by atoms with van der Waals surface area (Å²) in [5.41, 5.74) is 0. The summed E-state index contributed by atoms with van der Waals surface area (Å²) in [6.07, 6.45) is 10.4. The highest BCUT2D eigenvalue weighted by Crippen LogP contribution is 2.32. The van der Waals surface area contributed by atoms with Crippen molar-refractivity contribution >= 4 is 0 Å². The van der Waals surface area contributed by atoms with E-state index >= 15 is 0 Å². The van der Waals surface area contributed by atoms with Crippen molar-refractivity contribution in [2.75, 3.05) is 13.7 Å². The van der Waals surface area contributed by atoms with Crippen molar-refractivity contribution in [3.8, 4) is 0 Å². The fourth-order valence-electron chi connectivity index (χ4n) is 3.63. The summed E-state index contributed by atoms with van der Waals surface area (Å²) in [7, 11) is 2.14. The molecule has 0 aromatic heterocycles. The summed E-state index contributed by atoms with van der Waals surface area (Å²) in [5, 5.41) is 3.58. The van der Waals surface area contributed by atoms with Crippen LogP contribution in [0.5, 0.6) is 0 Å². The second kappa shape index (κ2) is 6.02. The van der Waals surface area contributed by atoms with Crippen LogP contribution in [0, 0.1) is 11.8 Å². The van der Waals surface area contributed by atoms with Crippen molar-refractivity contribution in [3.63, 3.8) is 0 Å². The molecule has 2 fully saturated rings. The molecule has 1 N–H and O–H groups in total. The first-order valence-electron chi connectivity index (χ1n) is 7.10. The first-order chi connectivity index (χ1) is 7.81. The van der Waals surface area contributed by atoms with Crippen molar-refractivity contribution in [2.45, 2.75) is 64.0 Å². The van der Waals surface area contributed by atoms with E-state index in [4.69, 9.17) is 4.74 Å². The third-order valence-corrected chi connectivity index (χ3v) is 4.48. The minimum absolute atomic E-state index is 0.478. The first kappa shape index (κ1) is 12.4. The van der Waals surface area contributed by atoms with E-state index in [1.165, 1.54) is 44.9 Å². The molecule has 2 rings (SSSR count). The van der Waals surface area contributed by atoms with Crippen LogP contribution in [0.2, 0.25) is 0 Å². The summed E-state index contributed by atoms with van der Waals surface area (Å²) in [6, 6.07) is 0.697. The molecule has 3 unspecified atom stereocenters. The van der Waals surface area contributed by atoms with Crippen LogP contribution < -0.4 is 5.32 Å². The standard InChI is InChI=1S/C14H27NO/c1-11-9-13(10-16-11)14(15-2)12-7-5-3-4-6-8-12/h11-15H,3-10H2,1-2H3. The van der Waals surface area contributed by atoms with Crippen LogP contribution >= 0.6 is 0 Å². The third kappa shape index (κ3) is 2.98. The maximum Gasteiger partial charge on any atom is 0.0551 e. The molecular weight excluding hydrogens is 198 g/mol. The molecule has 0 spiro atoms. The molecule has 1 saturated carbocycles. The Kier molecular flexibility index (Phi) is 4.66. The Bertz CT molecular complexity index is 199. The zero-order valence-electron chi connectivity index (χ0n) is 10.9. The number of ether oxygens (including phenoxy) is 1. The topological polar surface area (TPSA) is 21.3 Å². The van der Waals surface area contributed by atoms with Gasteiger partial charge < -0.3 is 10.1 Å². The van der Waals surface area contributed by atoms with Crippen molar-refractivity contribution in [1.29, 1.82) is 0 Å². The fraction of sp³-hybridized carbons (Fsp3) is 1.00. The molecule has 2 aliphatic rings. The Hall–Kier alpha value is -0.0800. The Morgan fingerprint density at radius 3 is 2.25 bits per heavy atom. The molecule has 1 aliphatic carbocycles. The van der Waals surface area contributed by atoms with Crippen molar-refractivity contribution in [2.24, 2.45) is 11.8 Å². The number of hydrogen-bond acceptors (Lipinski definition) is 2. The van der Waals surface area contributed by atoms with Crippen LogP contribution in [0.3, 0.4) is 0 Å². The van der Waals surface area contributed by atoms with Gasteiger partial charge in [-0.1, -0.05) is 25.7 Å². The fourth-order valence-corrected chi connectivity index (χ4v) is 3.63. The summed E-state index contributed by atoms with van der Waals surface area (Å²) in [4.78, 5) is 0. The summed E-state index contributed by atoms with van der Waals surface area (Å²) >= 11 is 0. The van der Waals surface area contributed by atoms with Crippen LogP contribution in [0.25, 0.3) is 0 Å². The molecule has 16 heavy (non-hydrogen) atoms. The lowest BCUT2D eigenvalue weighted by atomic mass is 9.82. The lowest BCUT2D eigenvalue weighted by Gasteiger charge is -2.30. The first-order valence-corrected chi connectivity index (χ1v) is 7.10. The van der Waals surface area contributed by atoms with Gasteiger partial charge in [0.25, 0.3) is 0 Å². The second-order valence-electron chi connectivity index (χ2n) is 5.71. The van der Waals surface area contributed by atoms with Gasteiger partial charge in [-0.3, -0.25) is 0 Å². The molecule has 1 heterocycles. The van der Waals surface area contributed by atoms with Gasteiger partial charge in [0.2, 0.25) is 0 Å². The maximum atomic E-state index is 5.73. The van der Waals surface area contributed by atoms with Crippen molar-refractivity contribution < 1.29 is 4.74 Å². The van der Waals surface area contributed by atoms with E-state index in [9.17, 15) is 0 Å². The monoisotopic (exact) mass is 225 g/mol. The molecule has 1 saturated heterocycles. The second-order valence-corrected chi connectivity index (χ2v) is 5.71. The van der Waals surface area contributed by atoms with Gasteiger partial charge in [0.05, 0.1) is 12.7 Å². The molecule has 2 nitrogen and oxygen atoms in total. The number of rotatable bonds is 3. The average Bonchev–Trinajstić information content (AvgIpc) is 2.55. The van der Waals surface area contributed by atoms with Gasteiger partial charge in [-0.05, 0) is 39.2 Å². The SMILES string of the molecule is CNC(C1CCCCCC1)C1COC(C)C1. The van der Waals surface area contributed by atoms with E-state index in [2.05, 4.69) is 19.3 Å². The summed E-state index contributed by atoms with van der Waals surface area (Å²) in [6.45, 7) is 3.18. The summed E-state index contributed by atoms with van der Waals surface area (Å²) in [5.74, 6) is 1.65. The molecule has 0 bridgehead atoms. The van der Waals surface area contributed by atoms with E-state index < -0.39 is 0 Å². The van der Waals surface area contributed by atoms with Crippen molar-refractivity contribution in [3.05, 3.63) is 0 Å². The molecule has 94 valence electrons. The van der Waals surface area contributed by atoms with Crippen LogP contribution in [0.1, 0.15) is 51.9 Å². The molecular formula is C14H27NO. The largest absolute Gasteiger partial charge is 0.378 e. The maximum absolute atomic E-state index is 5.73. The van der Waals surface area contributed by atoms with Gasteiger partial charge in [-0.2, -0.15) is 0 Å². The quantitative estimate of drug-likeness (QED) is 0.746. The van der Waals surface area contributed by atoms with Gasteiger partial charge in [0, 0.05) is 12.0 Å². The molecule has 0 radical (unpaired) electrons. The molecule has 3 atom stereocenters. The van der Waals surface area contributed by atoms with Gasteiger partial charge in [-0.15, -0.1) is 0 Å². The van der Waals surface area contributed by atoms with Gasteiger partial charge in [0.1, 0.15) is 0 Å². The minimum atomic E-state index is 0.478. The van der Waals surface area contributed by atoms with Gasteiger partial charge >= 0.3 is 0 Å². The number of hydrogen-bond donors (Lipinski definition) is 1. The van der Waals surface area contributed by atoms with Gasteiger partial charge in [-0.25, -0.2) is 0 Å². The molecule has 0 aromatic rings. The van der Waals surface area contributed by atoms with Crippen LogP contribution in [-0.2, 0) is 4.74 Å². The number of nitrogens with one attached hydrogen (secondary N) is 1. The lowest BCUT2D eigenvalue weighted by Crippen LogP contribution is -2.40. The van der Waals surface area contributed by atoms with Crippen LogP contribution in [0.15, 0.2) is 0 Å². The average molecular weight is 225 g/mol. The van der Waals surface area contributed by atoms with Crippen molar-refractivity contribution in [1.82, 2.24) is 5.32 Å². The Labute approximate surface area is 100 Å². The van der Waals surface area contributed by atoms with E-state index in [0.717, 1.165) is 18.4 Å². The molecule has 2 heteroatoms. The zero-order valence-corrected chi connectivity index (χ0v) is 10.9. The highest BCUT2D eigenvalue weighted by molar-refractivity contribution is 4.87. The lowest BCUT2D eigenvalue weighted by molar-refractivity contribution is 0.113. The summed E-state index contributed by atoms with van der Waals surface area (Å²) < 4.78 is 5.73. The zero-order chi connectivity index (χ0) is 11.4.